The molecule has 3 heterocycles. The van der Waals surface area contributed by atoms with Crippen LogP contribution in [-0.2, 0) is 6.54 Å². The van der Waals surface area contributed by atoms with Crippen LogP contribution in [0.1, 0.15) is 40.5 Å². The summed E-state index contributed by atoms with van der Waals surface area (Å²) < 4.78 is 0. The lowest BCUT2D eigenvalue weighted by molar-refractivity contribution is 0.0945. The zero-order valence-corrected chi connectivity index (χ0v) is 12.3. The molecule has 0 atom stereocenters. The van der Waals surface area contributed by atoms with E-state index in [0.717, 1.165) is 37.2 Å². The lowest BCUT2D eigenvalue weighted by Gasteiger charge is -2.21. The quantitative estimate of drug-likeness (QED) is 0.888. The Morgan fingerprint density at radius 2 is 2.09 bits per heavy atom. The van der Waals surface area contributed by atoms with Gasteiger partial charge in [0.2, 0.25) is 0 Å². The SMILES string of the molecule is O=C(NCc1cccnc1)c1cncc(C2CCNCC2)n1. The molecular weight excluding hydrogens is 278 g/mol. The lowest BCUT2D eigenvalue weighted by atomic mass is 9.95. The van der Waals surface area contributed by atoms with Gasteiger partial charge in [0.05, 0.1) is 11.9 Å². The van der Waals surface area contributed by atoms with E-state index in [9.17, 15) is 4.79 Å². The zero-order chi connectivity index (χ0) is 15.2. The lowest BCUT2D eigenvalue weighted by Crippen LogP contribution is -2.28. The van der Waals surface area contributed by atoms with E-state index in [2.05, 4.69) is 25.6 Å². The van der Waals surface area contributed by atoms with Gasteiger partial charge in [0.1, 0.15) is 5.69 Å². The molecule has 1 aliphatic heterocycles. The number of amides is 1. The highest BCUT2D eigenvalue weighted by Crippen LogP contribution is 2.22. The molecule has 0 bridgehead atoms. The maximum absolute atomic E-state index is 12.2. The summed E-state index contributed by atoms with van der Waals surface area (Å²) in [7, 11) is 0. The summed E-state index contributed by atoms with van der Waals surface area (Å²) in [6.07, 6.45) is 8.80. The van der Waals surface area contributed by atoms with Crippen LogP contribution in [0.25, 0.3) is 0 Å². The summed E-state index contributed by atoms with van der Waals surface area (Å²) in [5.41, 5.74) is 2.24. The molecule has 6 heteroatoms. The molecule has 0 spiro atoms. The number of nitrogens with one attached hydrogen (secondary N) is 2. The number of nitrogens with zero attached hydrogens (tertiary/aromatic N) is 3. The van der Waals surface area contributed by atoms with Gasteiger partial charge in [-0.25, -0.2) is 4.98 Å². The predicted molar refractivity (Wildman–Crippen MR) is 82.3 cm³/mol. The van der Waals surface area contributed by atoms with Gasteiger partial charge in [0.25, 0.3) is 5.91 Å². The first-order valence-corrected chi connectivity index (χ1v) is 7.52. The Hall–Kier alpha value is -2.34. The molecule has 2 N–H and O–H groups in total. The number of aromatic nitrogens is 3. The average Bonchev–Trinajstić information content (AvgIpc) is 2.61. The van der Waals surface area contributed by atoms with Gasteiger partial charge in [-0.1, -0.05) is 6.07 Å². The van der Waals surface area contributed by atoms with Gasteiger partial charge in [0.15, 0.2) is 0 Å². The highest BCUT2D eigenvalue weighted by atomic mass is 16.1. The van der Waals surface area contributed by atoms with E-state index >= 15 is 0 Å². The fourth-order valence-corrected chi connectivity index (χ4v) is 2.58. The standard InChI is InChI=1S/C16H19N5O/c22-16(20-9-12-2-1-5-18-8-12)15-11-19-10-14(21-15)13-3-6-17-7-4-13/h1-2,5,8,10-11,13,17H,3-4,6-7,9H2,(H,20,22). The van der Waals surface area contributed by atoms with E-state index in [1.165, 1.54) is 6.20 Å². The van der Waals surface area contributed by atoms with Crippen LogP contribution in [0.2, 0.25) is 0 Å². The van der Waals surface area contributed by atoms with Crippen molar-refractivity contribution in [2.24, 2.45) is 0 Å². The molecule has 1 fully saturated rings. The van der Waals surface area contributed by atoms with Crippen molar-refractivity contribution in [2.45, 2.75) is 25.3 Å². The smallest absolute Gasteiger partial charge is 0.271 e. The van der Waals surface area contributed by atoms with Gasteiger partial charge >= 0.3 is 0 Å². The van der Waals surface area contributed by atoms with Crippen LogP contribution in [0, 0.1) is 0 Å². The first-order chi connectivity index (χ1) is 10.8. The van der Waals surface area contributed by atoms with Gasteiger partial charge in [-0.15, -0.1) is 0 Å². The highest BCUT2D eigenvalue weighted by Gasteiger charge is 2.18. The van der Waals surface area contributed by atoms with Crippen molar-refractivity contribution in [3.63, 3.8) is 0 Å². The Labute approximate surface area is 129 Å². The Bertz CT molecular complexity index is 625. The molecular formula is C16H19N5O. The molecule has 1 aliphatic rings. The maximum atomic E-state index is 12.2. The van der Waals surface area contributed by atoms with Crippen molar-refractivity contribution in [1.82, 2.24) is 25.6 Å². The van der Waals surface area contributed by atoms with Crippen molar-refractivity contribution in [1.29, 1.82) is 0 Å². The van der Waals surface area contributed by atoms with E-state index in [0.29, 0.717) is 18.2 Å². The van der Waals surface area contributed by atoms with Crippen LogP contribution in [0.3, 0.4) is 0 Å². The largest absolute Gasteiger partial charge is 0.347 e. The molecule has 0 unspecified atom stereocenters. The molecule has 1 saturated heterocycles. The summed E-state index contributed by atoms with van der Waals surface area (Å²) in [5, 5.41) is 6.18. The monoisotopic (exact) mass is 297 g/mol. The van der Waals surface area contributed by atoms with Crippen molar-refractivity contribution in [3.8, 4) is 0 Å². The number of piperidine rings is 1. The van der Waals surface area contributed by atoms with Crippen molar-refractivity contribution < 1.29 is 4.79 Å². The second-order valence-electron chi connectivity index (χ2n) is 5.40. The normalized spacial score (nSPS) is 15.5. The second kappa shape index (κ2) is 7.09. The number of hydrogen-bond donors (Lipinski definition) is 2. The van der Waals surface area contributed by atoms with Crippen LogP contribution >= 0.6 is 0 Å². The van der Waals surface area contributed by atoms with Crippen molar-refractivity contribution in [3.05, 3.63) is 53.9 Å². The molecule has 22 heavy (non-hydrogen) atoms. The molecule has 0 radical (unpaired) electrons. The third-order valence-electron chi connectivity index (χ3n) is 3.82. The third-order valence-corrected chi connectivity index (χ3v) is 3.82. The summed E-state index contributed by atoms with van der Waals surface area (Å²) in [6.45, 7) is 2.42. The van der Waals surface area contributed by atoms with E-state index in [4.69, 9.17) is 0 Å². The first kappa shape index (κ1) is 14.6. The van der Waals surface area contributed by atoms with E-state index in [1.54, 1.807) is 18.6 Å². The third kappa shape index (κ3) is 3.65. The molecule has 2 aromatic heterocycles. The Morgan fingerprint density at radius 1 is 1.23 bits per heavy atom. The topological polar surface area (TPSA) is 79.8 Å². The molecule has 0 aromatic carbocycles. The summed E-state index contributed by atoms with van der Waals surface area (Å²) in [4.78, 5) is 24.9. The maximum Gasteiger partial charge on any atom is 0.271 e. The Kier molecular flexibility index (Phi) is 4.70. The molecule has 114 valence electrons. The van der Waals surface area contributed by atoms with Crippen LogP contribution in [0.4, 0.5) is 0 Å². The van der Waals surface area contributed by atoms with Crippen LogP contribution < -0.4 is 10.6 Å². The predicted octanol–water partition coefficient (Wildman–Crippen LogP) is 1.27. The molecule has 1 amide bonds. The Balaban J connectivity index is 1.64. The van der Waals surface area contributed by atoms with Gasteiger partial charge in [0, 0.05) is 31.1 Å². The van der Waals surface area contributed by atoms with E-state index < -0.39 is 0 Å². The Morgan fingerprint density at radius 3 is 2.86 bits per heavy atom. The van der Waals surface area contributed by atoms with Crippen molar-refractivity contribution in [2.75, 3.05) is 13.1 Å². The van der Waals surface area contributed by atoms with Gasteiger partial charge in [-0.2, -0.15) is 0 Å². The van der Waals surface area contributed by atoms with E-state index in [1.807, 2.05) is 12.1 Å². The van der Waals surface area contributed by atoms with Crippen molar-refractivity contribution >= 4 is 5.91 Å². The number of pyridine rings is 1. The zero-order valence-electron chi connectivity index (χ0n) is 12.3. The first-order valence-electron chi connectivity index (χ1n) is 7.52. The number of rotatable bonds is 4. The molecule has 0 saturated carbocycles. The molecule has 3 rings (SSSR count). The van der Waals surface area contributed by atoms with Crippen LogP contribution in [0.15, 0.2) is 36.9 Å². The minimum atomic E-state index is -0.202. The van der Waals surface area contributed by atoms with E-state index in [-0.39, 0.29) is 5.91 Å². The van der Waals surface area contributed by atoms with Gasteiger partial charge < -0.3 is 10.6 Å². The van der Waals surface area contributed by atoms with Gasteiger partial charge in [-0.3, -0.25) is 14.8 Å². The molecule has 0 aliphatic carbocycles. The number of hydrogen-bond acceptors (Lipinski definition) is 5. The molecule has 2 aromatic rings. The molecule has 6 nitrogen and oxygen atoms in total. The summed E-state index contributed by atoms with van der Waals surface area (Å²) in [5.74, 6) is 0.187. The van der Waals surface area contributed by atoms with Crippen LogP contribution in [0.5, 0.6) is 0 Å². The second-order valence-corrected chi connectivity index (χ2v) is 5.40. The summed E-state index contributed by atoms with van der Waals surface area (Å²) >= 11 is 0. The average molecular weight is 297 g/mol. The minimum absolute atomic E-state index is 0.202. The highest BCUT2D eigenvalue weighted by molar-refractivity contribution is 5.91. The summed E-state index contributed by atoms with van der Waals surface area (Å²) in [6, 6.07) is 3.77. The number of carbonyl (C=O) groups is 1. The fourth-order valence-electron chi connectivity index (χ4n) is 2.58. The minimum Gasteiger partial charge on any atom is -0.347 e. The number of carbonyl (C=O) groups excluding carboxylic acids is 1. The van der Waals surface area contributed by atoms with Gasteiger partial charge in [-0.05, 0) is 37.6 Å². The van der Waals surface area contributed by atoms with Crippen LogP contribution in [-0.4, -0.2) is 33.9 Å². The fraction of sp³-hybridized carbons (Fsp3) is 0.375.